The summed E-state index contributed by atoms with van der Waals surface area (Å²) in [6.45, 7) is 4.67. The van der Waals surface area contributed by atoms with Crippen LogP contribution < -0.4 is 29.6 Å². The van der Waals surface area contributed by atoms with E-state index in [-0.39, 0.29) is 29.6 Å². The summed E-state index contributed by atoms with van der Waals surface area (Å²) in [4.78, 5) is 0. The normalized spacial score (nSPS) is 16.4. The van der Waals surface area contributed by atoms with Crippen molar-refractivity contribution >= 4 is 10.4 Å². The van der Waals surface area contributed by atoms with Crippen LogP contribution in [-0.2, 0) is 14.6 Å². The van der Waals surface area contributed by atoms with Gasteiger partial charge in [0, 0.05) is 0 Å². The molecule has 0 N–H and O–H groups in total. The first-order valence-electron chi connectivity index (χ1n) is 7.44. The van der Waals surface area contributed by atoms with Crippen LogP contribution in [-0.4, -0.2) is 20.1 Å². The minimum atomic E-state index is -4.41. The average molecular weight is 316 g/mol. The summed E-state index contributed by atoms with van der Waals surface area (Å²) in [6.07, 6.45) is 13.3. The van der Waals surface area contributed by atoms with Crippen LogP contribution in [0.15, 0.2) is 0 Å². The Labute approximate surface area is 147 Å². The molecule has 1 rings (SSSR count). The van der Waals surface area contributed by atoms with Crippen LogP contribution in [0.2, 0.25) is 0 Å². The molecule has 1 aliphatic carbocycles. The topological polar surface area (TPSA) is 66.4 Å². The average Bonchev–Trinajstić information content (AvgIpc) is 2.31. The van der Waals surface area contributed by atoms with Crippen molar-refractivity contribution in [1.82, 2.24) is 0 Å². The van der Waals surface area contributed by atoms with E-state index in [0.29, 0.717) is 0 Å². The van der Waals surface area contributed by atoms with Gasteiger partial charge in [0.25, 0.3) is 0 Å². The van der Waals surface area contributed by atoms with E-state index in [9.17, 15) is 13.0 Å². The van der Waals surface area contributed by atoms with Gasteiger partial charge in [-0.15, -0.1) is 0 Å². The zero-order chi connectivity index (χ0) is 14.7. The van der Waals surface area contributed by atoms with Crippen LogP contribution in [0.3, 0.4) is 0 Å². The molecule has 1 fully saturated rings. The molecule has 1 saturated carbocycles. The van der Waals surface area contributed by atoms with Crippen LogP contribution in [0.25, 0.3) is 0 Å². The van der Waals surface area contributed by atoms with Crippen molar-refractivity contribution < 1.29 is 46.7 Å². The standard InChI is InChI=1S/C13H26.CH4O4S.Na/c1-3-5-7-12(4-2)10-11-13-8-6-9-13;1-5-6(2,3)4;/h12-13H,3-11H2,1-2H3;1H3,(H,2,3,4);/q;;+1/p-1. The molecule has 0 aromatic heterocycles. The first-order valence-corrected chi connectivity index (χ1v) is 8.77. The quantitative estimate of drug-likeness (QED) is 0.379. The summed E-state index contributed by atoms with van der Waals surface area (Å²) in [6, 6.07) is 0. The van der Waals surface area contributed by atoms with Crippen molar-refractivity contribution in [2.75, 3.05) is 7.11 Å². The molecule has 4 nitrogen and oxygen atoms in total. The van der Waals surface area contributed by atoms with Gasteiger partial charge in [-0.2, -0.15) is 0 Å². The zero-order valence-corrected chi connectivity index (χ0v) is 16.4. The van der Waals surface area contributed by atoms with Crippen LogP contribution in [0, 0.1) is 11.8 Å². The Kier molecular flexibility index (Phi) is 15.7. The molecule has 0 aliphatic heterocycles. The number of rotatable bonds is 8. The van der Waals surface area contributed by atoms with Gasteiger partial charge in [0.15, 0.2) is 0 Å². The van der Waals surface area contributed by atoms with Crippen molar-refractivity contribution in [2.45, 2.75) is 71.6 Å². The molecule has 1 aliphatic rings. The first-order chi connectivity index (χ1) is 8.92. The molecule has 1 unspecified atom stereocenters. The molecule has 0 amide bonds. The largest absolute Gasteiger partial charge is 1.00 e. The molecule has 6 heteroatoms. The van der Waals surface area contributed by atoms with Crippen molar-refractivity contribution in [2.24, 2.45) is 11.8 Å². The molecule has 0 saturated heterocycles. The van der Waals surface area contributed by atoms with Crippen molar-refractivity contribution in [3.63, 3.8) is 0 Å². The van der Waals surface area contributed by atoms with Gasteiger partial charge in [0.1, 0.15) is 0 Å². The van der Waals surface area contributed by atoms with Crippen molar-refractivity contribution in [3.8, 4) is 0 Å². The van der Waals surface area contributed by atoms with Gasteiger partial charge in [-0.3, -0.25) is 4.18 Å². The Morgan fingerprint density at radius 3 is 2.10 bits per heavy atom. The third-order valence-electron chi connectivity index (χ3n) is 3.96. The van der Waals surface area contributed by atoms with Gasteiger partial charge in [0.05, 0.1) is 7.11 Å². The summed E-state index contributed by atoms with van der Waals surface area (Å²) in [5, 5.41) is 0. The number of hydrogen-bond acceptors (Lipinski definition) is 4. The zero-order valence-electron chi connectivity index (χ0n) is 13.6. The van der Waals surface area contributed by atoms with E-state index in [1.54, 1.807) is 0 Å². The van der Waals surface area contributed by atoms with Gasteiger partial charge in [-0.25, -0.2) is 8.42 Å². The van der Waals surface area contributed by atoms with E-state index < -0.39 is 10.4 Å². The third kappa shape index (κ3) is 13.8. The van der Waals surface area contributed by atoms with E-state index in [1.165, 1.54) is 57.8 Å². The van der Waals surface area contributed by atoms with E-state index in [2.05, 4.69) is 18.0 Å². The monoisotopic (exact) mass is 316 g/mol. The maximum Gasteiger partial charge on any atom is 1.00 e. The van der Waals surface area contributed by atoms with Crippen LogP contribution in [0.5, 0.6) is 0 Å². The van der Waals surface area contributed by atoms with Crippen molar-refractivity contribution in [3.05, 3.63) is 0 Å². The maximum atomic E-state index is 9.22. The molecule has 1 atom stereocenters. The molecule has 0 bridgehead atoms. The molecule has 0 aromatic carbocycles. The predicted molar refractivity (Wildman–Crippen MR) is 76.6 cm³/mol. The number of unbranched alkanes of at least 4 members (excludes halogenated alkanes) is 1. The Bertz CT molecular complexity index is 302. The molecule has 0 aromatic rings. The molecule has 20 heavy (non-hydrogen) atoms. The molecular formula is C14H29NaO4S. The van der Waals surface area contributed by atoms with Crippen LogP contribution >= 0.6 is 0 Å². The Hall–Kier alpha value is 0.870. The van der Waals surface area contributed by atoms with Gasteiger partial charge in [-0.05, 0) is 11.8 Å². The van der Waals surface area contributed by atoms with E-state index >= 15 is 0 Å². The molecule has 0 spiro atoms. The minimum absolute atomic E-state index is 0. The fourth-order valence-corrected chi connectivity index (χ4v) is 2.30. The Balaban J connectivity index is 0. The van der Waals surface area contributed by atoms with E-state index in [0.717, 1.165) is 18.9 Å². The molecule has 0 radical (unpaired) electrons. The third-order valence-corrected chi connectivity index (χ3v) is 4.36. The van der Waals surface area contributed by atoms with Crippen molar-refractivity contribution in [1.29, 1.82) is 0 Å². The molecule has 116 valence electrons. The Morgan fingerprint density at radius 2 is 1.80 bits per heavy atom. The molecule has 0 heterocycles. The van der Waals surface area contributed by atoms with Crippen LogP contribution in [0.1, 0.15) is 71.6 Å². The summed E-state index contributed by atoms with van der Waals surface area (Å²) >= 11 is 0. The second-order valence-electron chi connectivity index (χ2n) is 5.37. The summed E-state index contributed by atoms with van der Waals surface area (Å²) < 4.78 is 31.0. The van der Waals surface area contributed by atoms with Gasteiger partial charge in [0.2, 0.25) is 10.4 Å². The van der Waals surface area contributed by atoms with E-state index in [4.69, 9.17) is 0 Å². The van der Waals surface area contributed by atoms with Gasteiger partial charge < -0.3 is 4.55 Å². The first kappa shape index (κ1) is 23.1. The summed E-state index contributed by atoms with van der Waals surface area (Å²) in [5.41, 5.74) is 0. The fraction of sp³-hybridized carbons (Fsp3) is 1.00. The summed E-state index contributed by atoms with van der Waals surface area (Å²) in [5.74, 6) is 2.16. The minimum Gasteiger partial charge on any atom is -0.726 e. The van der Waals surface area contributed by atoms with E-state index in [1.807, 2.05) is 0 Å². The molecular weight excluding hydrogens is 287 g/mol. The van der Waals surface area contributed by atoms with Gasteiger partial charge in [-0.1, -0.05) is 71.6 Å². The fourth-order valence-electron chi connectivity index (χ4n) is 2.30. The maximum absolute atomic E-state index is 9.22. The second kappa shape index (κ2) is 13.5. The number of hydrogen-bond donors (Lipinski definition) is 0. The SMILES string of the molecule is CCCCC(CC)CCC1CCC1.COS(=O)(=O)[O-].[Na+]. The van der Waals surface area contributed by atoms with Crippen LogP contribution in [0.4, 0.5) is 0 Å². The Morgan fingerprint density at radius 1 is 1.25 bits per heavy atom. The second-order valence-corrected chi connectivity index (χ2v) is 6.52. The summed E-state index contributed by atoms with van der Waals surface area (Å²) in [7, 11) is -3.60. The smallest absolute Gasteiger partial charge is 0.726 e. The van der Waals surface area contributed by atoms with Gasteiger partial charge >= 0.3 is 29.6 Å². The predicted octanol–water partition coefficient (Wildman–Crippen LogP) is 0.880.